The number of aryl methyl sites for hydroxylation is 1. The van der Waals surface area contributed by atoms with Gasteiger partial charge in [0.05, 0.1) is 22.2 Å². The molecule has 0 radical (unpaired) electrons. The van der Waals surface area contributed by atoms with Gasteiger partial charge in [0, 0.05) is 32.7 Å². The number of piperazine rings is 1. The van der Waals surface area contributed by atoms with Crippen molar-refractivity contribution in [1.29, 1.82) is 0 Å². The van der Waals surface area contributed by atoms with E-state index < -0.39 is 10.0 Å². The van der Waals surface area contributed by atoms with Crippen molar-refractivity contribution in [3.63, 3.8) is 0 Å². The topological polar surface area (TPSA) is 60.9 Å². The Morgan fingerprint density at radius 3 is 2.50 bits per heavy atom. The molecule has 0 aromatic heterocycles. The van der Waals surface area contributed by atoms with Crippen molar-refractivity contribution < 1.29 is 17.6 Å². The number of sulfonamides is 1. The quantitative estimate of drug-likeness (QED) is 0.753. The van der Waals surface area contributed by atoms with Crippen molar-refractivity contribution >= 4 is 27.3 Å². The first-order valence-electron chi connectivity index (χ1n) is 10.4. The zero-order valence-corrected chi connectivity index (χ0v) is 17.7. The summed E-state index contributed by atoms with van der Waals surface area (Å²) >= 11 is 0. The summed E-state index contributed by atoms with van der Waals surface area (Å²) in [7, 11) is -3.68. The molecular formula is C22H24FN3O3S. The van der Waals surface area contributed by atoms with E-state index in [0.29, 0.717) is 38.4 Å². The van der Waals surface area contributed by atoms with Gasteiger partial charge < -0.3 is 9.80 Å². The molecule has 2 aromatic rings. The van der Waals surface area contributed by atoms with E-state index in [4.69, 9.17) is 0 Å². The number of carbonyl (C=O) groups is 1. The Morgan fingerprint density at radius 1 is 1.03 bits per heavy atom. The Morgan fingerprint density at radius 2 is 1.77 bits per heavy atom. The van der Waals surface area contributed by atoms with Crippen LogP contribution in [0.15, 0.2) is 41.3 Å². The molecule has 1 saturated heterocycles. The van der Waals surface area contributed by atoms with Crippen molar-refractivity contribution in [3.8, 4) is 0 Å². The maximum atomic E-state index is 14.1. The molecule has 1 fully saturated rings. The van der Waals surface area contributed by atoms with E-state index in [1.165, 1.54) is 10.4 Å². The molecule has 0 bridgehead atoms. The van der Waals surface area contributed by atoms with Crippen LogP contribution in [0.3, 0.4) is 0 Å². The number of amides is 1. The van der Waals surface area contributed by atoms with Gasteiger partial charge in [0.1, 0.15) is 5.82 Å². The summed E-state index contributed by atoms with van der Waals surface area (Å²) in [5, 5.41) is 0. The Bertz CT molecular complexity index is 1130. The zero-order chi connectivity index (χ0) is 21.0. The molecule has 2 aromatic carbocycles. The molecule has 3 aliphatic rings. The highest BCUT2D eigenvalue weighted by molar-refractivity contribution is 7.89. The van der Waals surface area contributed by atoms with Gasteiger partial charge in [-0.1, -0.05) is 12.1 Å². The van der Waals surface area contributed by atoms with Gasteiger partial charge in [0.2, 0.25) is 15.9 Å². The number of hydrogen-bond donors (Lipinski definition) is 0. The zero-order valence-electron chi connectivity index (χ0n) is 16.8. The normalized spacial score (nSPS) is 21.8. The lowest BCUT2D eigenvalue weighted by Gasteiger charge is -2.35. The Balaban J connectivity index is 1.42. The SMILES string of the molecule is C[C@H]1C(=O)N2CCCc3cc(S(=O)(=O)N4CCN(c5ccccc5F)CC4)cc1c32. The smallest absolute Gasteiger partial charge is 0.243 e. The van der Waals surface area contributed by atoms with Gasteiger partial charge in [0.15, 0.2) is 0 Å². The summed E-state index contributed by atoms with van der Waals surface area (Å²) in [4.78, 5) is 16.5. The minimum absolute atomic E-state index is 0.0546. The molecule has 0 unspecified atom stereocenters. The van der Waals surface area contributed by atoms with Gasteiger partial charge in [0.25, 0.3) is 0 Å². The van der Waals surface area contributed by atoms with E-state index in [0.717, 1.165) is 29.7 Å². The van der Waals surface area contributed by atoms with Crippen LogP contribution in [0.4, 0.5) is 15.8 Å². The van der Waals surface area contributed by atoms with Crippen LogP contribution >= 0.6 is 0 Å². The Labute approximate surface area is 175 Å². The van der Waals surface area contributed by atoms with Gasteiger partial charge in [-0.25, -0.2) is 12.8 Å². The molecule has 158 valence electrons. The van der Waals surface area contributed by atoms with Crippen LogP contribution in [-0.4, -0.2) is 51.4 Å². The largest absolute Gasteiger partial charge is 0.367 e. The molecule has 8 heteroatoms. The molecule has 6 nitrogen and oxygen atoms in total. The van der Waals surface area contributed by atoms with Crippen LogP contribution in [0.2, 0.25) is 0 Å². The summed E-state index contributed by atoms with van der Waals surface area (Å²) in [6.45, 7) is 4.00. The maximum absolute atomic E-state index is 14.1. The van der Waals surface area contributed by atoms with Gasteiger partial charge in [-0.3, -0.25) is 4.79 Å². The van der Waals surface area contributed by atoms with Gasteiger partial charge in [-0.15, -0.1) is 0 Å². The highest BCUT2D eigenvalue weighted by atomic mass is 32.2. The van der Waals surface area contributed by atoms with Crippen molar-refractivity contribution in [3.05, 3.63) is 53.3 Å². The second-order valence-corrected chi connectivity index (χ2v) is 10.1. The minimum Gasteiger partial charge on any atom is -0.367 e. The molecule has 1 atom stereocenters. The molecule has 1 amide bonds. The highest BCUT2D eigenvalue weighted by Crippen LogP contribution is 2.44. The number of benzene rings is 2. The third kappa shape index (κ3) is 2.93. The lowest BCUT2D eigenvalue weighted by molar-refractivity contribution is -0.119. The fourth-order valence-electron chi connectivity index (χ4n) is 4.84. The molecule has 30 heavy (non-hydrogen) atoms. The van der Waals surface area contributed by atoms with E-state index in [-0.39, 0.29) is 22.5 Å². The molecule has 0 aliphatic carbocycles. The number of rotatable bonds is 3. The van der Waals surface area contributed by atoms with Gasteiger partial charge >= 0.3 is 0 Å². The summed E-state index contributed by atoms with van der Waals surface area (Å²) in [5.74, 6) is -0.557. The van der Waals surface area contributed by atoms with Crippen molar-refractivity contribution in [1.82, 2.24) is 4.31 Å². The Hall–Kier alpha value is -2.45. The first kappa shape index (κ1) is 19.5. The standard InChI is InChI=1S/C22H24FN3O3S/c1-15-18-14-17(13-16-5-4-8-26(21(16)18)22(15)27)30(28,29)25-11-9-24(10-12-25)20-7-3-2-6-19(20)23/h2-3,6-7,13-15H,4-5,8-12H2,1H3/t15-/m1/s1. The molecular weight excluding hydrogens is 405 g/mol. The van der Waals surface area contributed by atoms with E-state index in [2.05, 4.69) is 0 Å². The van der Waals surface area contributed by atoms with Crippen LogP contribution in [-0.2, 0) is 21.2 Å². The third-order valence-electron chi connectivity index (χ3n) is 6.46. The average Bonchev–Trinajstić information content (AvgIpc) is 3.01. The maximum Gasteiger partial charge on any atom is 0.243 e. The molecule has 5 rings (SSSR count). The van der Waals surface area contributed by atoms with Gasteiger partial charge in [-0.2, -0.15) is 4.31 Å². The summed E-state index contributed by atoms with van der Waals surface area (Å²) in [6.07, 6.45) is 1.62. The fraction of sp³-hybridized carbons (Fsp3) is 0.409. The lowest BCUT2D eigenvalue weighted by Crippen LogP contribution is -2.49. The number of para-hydroxylation sites is 1. The Kier molecular flexibility index (Phi) is 4.59. The van der Waals surface area contributed by atoms with E-state index in [1.807, 2.05) is 16.7 Å². The molecule has 3 heterocycles. The molecule has 0 saturated carbocycles. The number of carbonyl (C=O) groups excluding carboxylic acids is 1. The van der Waals surface area contributed by atoms with Crippen molar-refractivity contribution in [2.24, 2.45) is 0 Å². The van der Waals surface area contributed by atoms with Crippen LogP contribution < -0.4 is 9.80 Å². The van der Waals surface area contributed by atoms with Crippen molar-refractivity contribution in [2.45, 2.75) is 30.6 Å². The van der Waals surface area contributed by atoms with E-state index in [1.54, 1.807) is 30.3 Å². The fourth-order valence-corrected chi connectivity index (χ4v) is 6.35. The first-order chi connectivity index (χ1) is 14.4. The van der Waals surface area contributed by atoms with Gasteiger partial charge in [-0.05, 0) is 55.2 Å². The average molecular weight is 430 g/mol. The van der Waals surface area contributed by atoms with Crippen LogP contribution in [0.25, 0.3) is 0 Å². The number of hydrogen-bond acceptors (Lipinski definition) is 4. The predicted molar refractivity (Wildman–Crippen MR) is 113 cm³/mol. The first-order valence-corrected chi connectivity index (χ1v) is 11.8. The molecule has 0 N–H and O–H groups in total. The second-order valence-electron chi connectivity index (χ2n) is 8.18. The second kappa shape index (κ2) is 7.06. The summed E-state index contributed by atoms with van der Waals surface area (Å²) < 4.78 is 42.3. The van der Waals surface area contributed by atoms with E-state index in [9.17, 15) is 17.6 Å². The summed E-state index contributed by atoms with van der Waals surface area (Å²) in [6, 6.07) is 9.99. The van der Waals surface area contributed by atoms with Crippen molar-refractivity contribution in [2.75, 3.05) is 42.5 Å². The monoisotopic (exact) mass is 429 g/mol. The molecule has 0 spiro atoms. The summed E-state index contributed by atoms with van der Waals surface area (Å²) in [5.41, 5.74) is 3.19. The predicted octanol–water partition coefficient (Wildman–Crippen LogP) is 2.73. The lowest BCUT2D eigenvalue weighted by atomic mass is 9.97. The molecule has 3 aliphatic heterocycles. The minimum atomic E-state index is -3.68. The third-order valence-corrected chi connectivity index (χ3v) is 8.34. The highest BCUT2D eigenvalue weighted by Gasteiger charge is 2.40. The number of anilines is 2. The number of halogens is 1. The number of nitrogens with zero attached hydrogens (tertiary/aromatic N) is 3. The van der Waals surface area contributed by atoms with Crippen LogP contribution in [0.5, 0.6) is 0 Å². The van der Waals surface area contributed by atoms with Crippen LogP contribution in [0.1, 0.15) is 30.4 Å². The van der Waals surface area contributed by atoms with E-state index >= 15 is 0 Å². The van der Waals surface area contributed by atoms with Crippen LogP contribution in [0, 0.1) is 5.82 Å².